The number of benzene rings is 1. The number of hydrogen-bond acceptors (Lipinski definition) is 3. The molecule has 0 aliphatic heterocycles. The molecule has 2 aromatic rings. The molecule has 0 unspecified atom stereocenters. The summed E-state index contributed by atoms with van der Waals surface area (Å²) >= 11 is 1.55. The van der Waals surface area contributed by atoms with Crippen LogP contribution in [-0.4, -0.2) is 11.3 Å². The lowest BCUT2D eigenvalue weighted by atomic mass is 9.97. The Kier molecular flexibility index (Phi) is 3.38. The highest BCUT2D eigenvalue weighted by atomic mass is 32.1. The van der Waals surface area contributed by atoms with Gasteiger partial charge < -0.3 is 4.79 Å². The maximum atomic E-state index is 10.5. The highest BCUT2D eigenvalue weighted by Crippen LogP contribution is 2.28. The van der Waals surface area contributed by atoms with Crippen molar-refractivity contribution in [2.24, 2.45) is 0 Å². The highest BCUT2D eigenvalue weighted by molar-refractivity contribution is 7.10. The summed E-state index contributed by atoms with van der Waals surface area (Å²) < 4.78 is 0. The molecule has 0 atom stereocenters. The molecule has 0 saturated carbocycles. The Bertz CT molecular complexity index is 557. The molecule has 17 heavy (non-hydrogen) atoms. The van der Waals surface area contributed by atoms with Gasteiger partial charge in [0.1, 0.15) is 11.3 Å². The molecule has 0 spiro atoms. The first-order valence-electron chi connectivity index (χ1n) is 5.58. The van der Waals surface area contributed by atoms with Crippen LogP contribution in [0, 0.1) is 20.8 Å². The second-order valence-electron chi connectivity index (χ2n) is 4.18. The average Bonchev–Trinajstić information content (AvgIpc) is 2.75. The summed E-state index contributed by atoms with van der Waals surface area (Å²) in [5, 5.41) is 2.91. The lowest BCUT2D eigenvalue weighted by Gasteiger charge is -2.09. The van der Waals surface area contributed by atoms with E-state index in [1.54, 1.807) is 11.3 Å². The quantitative estimate of drug-likeness (QED) is 0.775. The fourth-order valence-electron chi connectivity index (χ4n) is 1.83. The van der Waals surface area contributed by atoms with Crippen LogP contribution in [0.25, 0.3) is 11.3 Å². The molecule has 1 aromatic carbocycles. The third-order valence-electron chi connectivity index (χ3n) is 3.14. The van der Waals surface area contributed by atoms with Crippen LogP contribution in [0.2, 0.25) is 0 Å². The largest absolute Gasteiger partial charge is 0.303 e. The number of aryl methyl sites for hydroxylation is 1. The number of aldehydes is 1. The minimum absolute atomic E-state index is 0.411. The van der Waals surface area contributed by atoms with Crippen molar-refractivity contribution in [1.29, 1.82) is 0 Å². The smallest absolute Gasteiger partial charge is 0.126 e. The number of rotatable bonds is 3. The maximum absolute atomic E-state index is 10.5. The maximum Gasteiger partial charge on any atom is 0.126 e. The zero-order valence-electron chi connectivity index (χ0n) is 10.3. The molecule has 88 valence electrons. The summed E-state index contributed by atoms with van der Waals surface area (Å²) in [4.78, 5) is 14.9. The van der Waals surface area contributed by atoms with Gasteiger partial charge in [-0.2, -0.15) is 0 Å². The van der Waals surface area contributed by atoms with E-state index in [2.05, 4.69) is 37.9 Å². The van der Waals surface area contributed by atoms with E-state index in [1.807, 2.05) is 5.38 Å². The topological polar surface area (TPSA) is 30.0 Å². The Balaban J connectivity index is 2.45. The molecule has 2 nitrogen and oxygen atoms in total. The minimum Gasteiger partial charge on any atom is -0.303 e. The van der Waals surface area contributed by atoms with Crippen LogP contribution < -0.4 is 0 Å². The fraction of sp³-hybridized carbons (Fsp3) is 0.286. The molecule has 0 fully saturated rings. The molecule has 0 amide bonds. The molecule has 0 aliphatic rings. The van der Waals surface area contributed by atoms with E-state index in [0.29, 0.717) is 6.42 Å². The molecule has 1 aromatic heterocycles. The summed E-state index contributed by atoms with van der Waals surface area (Å²) in [5.41, 5.74) is 6.03. The Morgan fingerprint density at radius 1 is 1.24 bits per heavy atom. The van der Waals surface area contributed by atoms with Gasteiger partial charge in [-0.1, -0.05) is 12.1 Å². The van der Waals surface area contributed by atoms with E-state index in [9.17, 15) is 4.79 Å². The van der Waals surface area contributed by atoms with E-state index in [0.717, 1.165) is 17.0 Å². The van der Waals surface area contributed by atoms with Crippen LogP contribution in [0.1, 0.15) is 21.7 Å². The van der Waals surface area contributed by atoms with Crippen LogP contribution in [0.5, 0.6) is 0 Å². The number of nitrogens with zero attached hydrogens (tertiary/aromatic N) is 1. The molecular weight excluding hydrogens is 230 g/mol. The average molecular weight is 245 g/mol. The van der Waals surface area contributed by atoms with Crippen molar-refractivity contribution in [2.45, 2.75) is 27.2 Å². The molecule has 0 radical (unpaired) electrons. The Labute approximate surface area is 105 Å². The van der Waals surface area contributed by atoms with E-state index < -0.39 is 0 Å². The molecule has 0 bridgehead atoms. The van der Waals surface area contributed by atoms with Crippen molar-refractivity contribution in [2.75, 3.05) is 0 Å². The highest BCUT2D eigenvalue weighted by Gasteiger charge is 2.09. The number of aromatic nitrogens is 1. The van der Waals surface area contributed by atoms with Crippen molar-refractivity contribution < 1.29 is 4.79 Å². The molecule has 0 N–H and O–H groups in total. The van der Waals surface area contributed by atoms with Crippen molar-refractivity contribution in [1.82, 2.24) is 4.98 Å². The van der Waals surface area contributed by atoms with Gasteiger partial charge in [-0.05, 0) is 37.5 Å². The predicted molar refractivity (Wildman–Crippen MR) is 71.5 cm³/mol. The minimum atomic E-state index is 0.411. The SMILES string of the molecule is Cc1ccc(-c2csc(CC=O)n2)c(C)c1C. The van der Waals surface area contributed by atoms with Crippen molar-refractivity contribution in [3.8, 4) is 11.3 Å². The normalized spacial score (nSPS) is 10.5. The zero-order chi connectivity index (χ0) is 12.4. The van der Waals surface area contributed by atoms with Crippen LogP contribution in [0.15, 0.2) is 17.5 Å². The van der Waals surface area contributed by atoms with Gasteiger partial charge in [0.2, 0.25) is 0 Å². The molecule has 2 rings (SSSR count). The molecule has 3 heteroatoms. The first kappa shape index (κ1) is 12.0. The van der Waals surface area contributed by atoms with Gasteiger partial charge in [-0.25, -0.2) is 4.98 Å². The van der Waals surface area contributed by atoms with E-state index >= 15 is 0 Å². The van der Waals surface area contributed by atoms with Crippen LogP contribution in [0.3, 0.4) is 0 Å². The van der Waals surface area contributed by atoms with Gasteiger partial charge in [-0.3, -0.25) is 0 Å². The molecule has 0 saturated heterocycles. The van der Waals surface area contributed by atoms with E-state index in [4.69, 9.17) is 0 Å². The monoisotopic (exact) mass is 245 g/mol. The first-order chi connectivity index (χ1) is 8.13. The van der Waals surface area contributed by atoms with Gasteiger partial charge in [0.05, 0.1) is 12.1 Å². The van der Waals surface area contributed by atoms with Gasteiger partial charge in [0.15, 0.2) is 0 Å². The second kappa shape index (κ2) is 4.80. The fourth-order valence-corrected chi connectivity index (χ4v) is 2.58. The third kappa shape index (κ3) is 2.29. The van der Waals surface area contributed by atoms with Gasteiger partial charge in [0.25, 0.3) is 0 Å². The Morgan fingerprint density at radius 3 is 2.71 bits per heavy atom. The lowest BCUT2D eigenvalue weighted by molar-refractivity contribution is -0.107. The van der Waals surface area contributed by atoms with Crippen LogP contribution in [-0.2, 0) is 11.2 Å². The van der Waals surface area contributed by atoms with Gasteiger partial charge in [0, 0.05) is 10.9 Å². The van der Waals surface area contributed by atoms with Crippen LogP contribution >= 0.6 is 11.3 Å². The van der Waals surface area contributed by atoms with E-state index in [-0.39, 0.29) is 0 Å². The number of hydrogen-bond donors (Lipinski definition) is 0. The second-order valence-corrected chi connectivity index (χ2v) is 5.12. The number of carbonyl (C=O) groups is 1. The predicted octanol–water partition coefficient (Wildman–Crippen LogP) is 3.48. The van der Waals surface area contributed by atoms with Gasteiger partial charge in [-0.15, -0.1) is 11.3 Å². The number of thiazole rings is 1. The molecular formula is C14H15NOS. The first-order valence-corrected chi connectivity index (χ1v) is 6.46. The standard InChI is InChI=1S/C14H15NOS/c1-9-4-5-12(11(3)10(9)2)13-8-17-14(15-13)6-7-16/h4-5,7-8H,6H2,1-3H3. The Hall–Kier alpha value is -1.48. The summed E-state index contributed by atoms with van der Waals surface area (Å²) in [6.45, 7) is 6.37. The molecule has 1 heterocycles. The lowest BCUT2D eigenvalue weighted by Crippen LogP contribution is -1.91. The van der Waals surface area contributed by atoms with E-state index in [1.165, 1.54) is 22.3 Å². The summed E-state index contributed by atoms with van der Waals surface area (Å²) in [6.07, 6.45) is 1.31. The third-order valence-corrected chi connectivity index (χ3v) is 4.01. The number of carbonyl (C=O) groups excluding carboxylic acids is 1. The van der Waals surface area contributed by atoms with Crippen molar-refractivity contribution in [3.05, 3.63) is 39.2 Å². The Morgan fingerprint density at radius 2 is 2.00 bits per heavy atom. The van der Waals surface area contributed by atoms with Gasteiger partial charge >= 0.3 is 0 Å². The van der Waals surface area contributed by atoms with Crippen molar-refractivity contribution >= 4 is 17.6 Å². The summed E-state index contributed by atoms with van der Waals surface area (Å²) in [5.74, 6) is 0. The van der Waals surface area contributed by atoms with Crippen molar-refractivity contribution in [3.63, 3.8) is 0 Å². The molecule has 0 aliphatic carbocycles. The summed E-state index contributed by atoms with van der Waals surface area (Å²) in [7, 11) is 0. The zero-order valence-corrected chi connectivity index (χ0v) is 11.1. The van der Waals surface area contributed by atoms with Crippen LogP contribution in [0.4, 0.5) is 0 Å². The summed E-state index contributed by atoms with van der Waals surface area (Å²) in [6, 6.07) is 4.23.